The number of hydrogen-bond acceptors (Lipinski definition) is 5. The minimum absolute atomic E-state index is 0.0430. The van der Waals surface area contributed by atoms with Crippen molar-refractivity contribution in [3.05, 3.63) is 40.3 Å². The Balaban J connectivity index is 1.70. The van der Waals surface area contributed by atoms with Gasteiger partial charge in [-0.3, -0.25) is 4.79 Å². The SMILES string of the molecule is CCN1C[C@@H](CN(C)C(=O)c2csc(C)n2)Oc2ccccc21. The Morgan fingerprint density at radius 1 is 1.48 bits per heavy atom. The Labute approximate surface area is 140 Å². The Bertz CT molecular complexity index is 701. The monoisotopic (exact) mass is 331 g/mol. The Morgan fingerprint density at radius 2 is 2.26 bits per heavy atom. The van der Waals surface area contributed by atoms with Gasteiger partial charge in [0.15, 0.2) is 0 Å². The number of carbonyl (C=O) groups is 1. The molecule has 1 atom stereocenters. The van der Waals surface area contributed by atoms with Gasteiger partial charge in [0.05, 0.1) is 23.8 Å². The van der Waals surface area contributed by atoms with Gasteiger partial charge in [-0.15, -0.1) is 11.3 Å². The predicted molar refractivity (Wildman–Crippen MR) is 92.6 cm³/mol. The Kier molecular flexibility index (Phi) is 4.52. The summed E-state index contributed by atoms with van der Waals surface area (Å²) >= 11 is 1.49. The van der Waals surface area contributed by atoms with Gasteiger partial charge in [0.1, 0.15) is 17.5 Å². The molecule has 0 radical (unpaired) electrons. The number of aromatic nitrogens is 1. The van der Waals surface area contributed by atoms with E-state index in [4.69, 9.17) is 4.74 Å². The summed E-state index contributed by atoms with van der Waals surface area (Å²) < 4.78 is 6.07. The van der Waals surface area contributed by atoms with Crippen LogP contribution in [0.1, 0.15) is 22.4 Å². The minimum Gasteiger partial charge on any atom is -0.485 e. The summed E-state index contributed by atoms with van der Waals surface area (Å²) in [5.41, 5.74) is 1.63. The largest absolute Gasteiger partial charge is 0.485 e. The molecular formula is C17H21N3O2S. The molecule has 0 aliphatic carbocycles. The molecule has 6 heteroatoms. The Morgan fingerprint density at radius 3 is 2.96 bits per heavy atom. The maximum atomic E-state index is 12.4. The first-order valence-corrected chi connectivity index (χ1v) is 8.64. The quantitative estimate of drug-likeness (QED) is 0.864. The number of rotatable bonds is 4. The van der Waals surface area contributed by atoms with Crippen LogP contribution in [0.15, 0.2) is 29.6 Å². The number of benzene rings is 1. The van der Waals surface area contributed by atoms with Gasteiger partial charge < -0.3 is 14.5 Å². The van der Waals surface area contributed by atoms with E-state index >= 15 is 0 Å². The van der Waals surface area contributed by atoms with Crippen LogP contribution in [0.2, 0.25) is 0 Å². The third-order valence-corrected chi connectivity index (χ3v) is 4.74. The smallest absolute Gasteiger partial charge is 0.273 e. The van der Waals surface area contributed by atoms with Gasteiger partial charge in [-0.1, -0.05) is 12.1 Å². The molecule has 0 spiro atoms. The van der Waals surface area contributed by atoms with Crippen molar-refractivity contribution >= 4 is 22.9 Å². The molecule has 23 heavy (non-hydrogen) atoms. The number of fused-ring (bicyclic) bond motifs is 1. The van der Waals surface area contributed by atoms with E-state index in [1.54, 1.807) is 11.9 Å². The van der Waals surface area contributed by atoms with Crippen LogP contribution in [0.25, 0.3) is 0 Å². The van der Waals surface area contributed by atoms with E-state index in [2.05, 4.69) is 22.9 Å². The lowest BCUT2D eigenvalue weighted by Crippen LogP contribution is -2.46. The standard InChI is InChI=1S/C17H21N3O2S/c1-4-20-10-13(22-16-8-6-5-7-15(16)20)9-19(3)17(21)14-11-23-12(2)18-14/h5-8,11,13H,4,9-10H2,1-3H3/t13-/m1/s1. The first-order chi connectivity index (χ1) is 11.1. The van der Waals surface area contributed by atoms with Gasteiger partial charge >= 0.3 is 0 Å². The summed E-state index contributed by atoms with van der Waals surface area (Å²) in [5, 5.41) is 2.71. The molecule has 122 valence electrons. The topological polar surface area (TPSA) is 45.7 Å². The van der Waals surface area contributed by atoms with E-state index in [-0.39, 0.29) is 12.0 Å². The molecule has 0 unspecified atom stereocenters. The molecule has 1 aliphatic rings. The number of anilines is 1. The van der Waals surface area contributed by atoms with Gasteiger partial charge in [0.25, 0.3) is 5.91 Å². The molecule has 0 saturated heterocycles. The molecular weight excluding hydrogens is 310 g/mol. The average Bonchev–Trinajstić information content (AvgIpc) is 2.99. The first-order valence-electron chi connectivity index (χ1n) is 7.76. The van der Waals surface area contributed by atoms with Gasteiger partial charge in [-0.25, -0.2) is 4.98 Å². The fourth-order valence-corrected chi connectivity index (χ4v) is 3.41. The molecule has 3 rings (SSSR count). The average molecular weight is 331 g/mol. The number of ether oxygens (including phenoxy) is 1. The van der Waals surface area contributed by atoms with Crippen molar-refractivity contribution < 1.29 is 9.53 Å². The van der Waals surface area contributed by atoms with E-state index in [0.717, 1.165) is 29.5 Å². The highest BCUT2D eigenvalue weighted by Crippen LogP contribution is 2.32. The van der Waals surface area contributed by atoms with Crippen molar-refractivity contribution in [3.63, 3.8) is 0 Å². The third kappa shape index (κ3) is 3.32. The molecule has 0 saturated carbocycles. The van der Waals surface area contributed by atoms with Gasteiger partial charge in [-0.05, 0) is 26.0 Å². The molecule has 2 aromatic rings. The zero-order chi connectivity index (χ0) is 16.4. The summed E-state index contributed by atoms with van der Waals surface area (Å²) in [6, 6.07) is 8.05. The van der Waals surface area contributed by atoms with Crippen molar-refractivity contribution in [2.45, 2.75) is 20.0 Å². The predicted octanol–water partition coefficient (Wildman–Crippen LogP) is 2.81. The van der Waals surface area contributed by atoms with E-state index in [9.17, 15) is 4.79 Å². The zero-order valence-electron chi connectivity index (χ0n) is 13.7. The van der Waals surface area contributed by atoms with Crippen molar-refractivity contribution in [3.8, 4) is 5.75 Å². The van der Waals surface area contributed by atoms with Crippen LogP contribution in [-0.2, 0) is 0 Å². The zero-order valence-corrected chi connectivity index (χ0v) is 14.5. The number of thiazole rings is 1. The fraction of sp³-hybridized carbons (Fsp3) is 0.412. The summed E-state index contributed by atoms with van der Waals surface area (Å²) in [4.78, 5) is 20.7. The van der Waals surface area contributed by atoms with Crippen LogP contribution >= 0.6 is 11.3 Å². The number of likely N-dealkylation sites (N-methyl/N-ethyl adjacent to an activating group) is 2. The van der Waals surface area contributed by atoms with E-state index in [0.29, 0.717) is 12.2 Å². The highest BCUT2D eigenvalue weighted by Gasteiger charge is 2.27. The minimum atomic E-state index is -0.0557. The van der Waals surface area contributed by atoms with Crippen LogP contribution < -0.4 is 9.64 Å². The highest BCUT2D eigenvalue weighted by molar-refractivity contribution is 7.09. The lowest BCUT2D eigenvalue weighted by atomic mass is 10.2. The number of amides is 1. The van der Waals surface area contributed by atoms with Gasteiger partial charge in [-0.2, -0.15) is 0 Å². The van der Waals surface area contributed by atoms with E-state index < -0.39 is 0 Å². The molecule has 0 N–H and O–H groups in total. The number of para-hydroxylation sites is 2. The summed E-state index contributed by atoms with van der Waals surface area (Å²) in [6.07, 6.45) is -0.0430. The van der Waals surface area contributed by atoms with Crippen LogP contribution in [0.3, 0.4) is 0 Å². The first kappa shape index (κ1) is 15.8. The van der Waals surface area contributed by atoms with Crippen molar-refractivity contribution in [1.82, 2.24) is 9.88 Å². The maximum Gasteiger partial charge on any atom is 0.273 e. The molecule has 1 aromatic heterocycles. The van der Waals surface area contributed by atoms with Gasteiger partial charge in [0, 0.05) is 19.0 Å². The number of hydrogen-bond donors (Lipinski definition) is 0. The number of carbonyl (C=O) groups excluding carboxylic acids is 1. The molecule has 2 heterocycles. The van der Waals surface area contributed by atoms with E-state index in [1.807, 2.05) is 30.5 Å². The van der Waals surface area contributed by atoms with Crippen molar-refractivity contribution in [2.24, 2.45) is 0 Å². The third-order valence-electron chi connectivity index (χ3n) is 3.97. The second kappa shape index (κ2) is 6.58. The van der Waals surface area contributed by atoms with Crippen molar-refractivity contribution in [2.75, 3.05) is 31.6 Å². The molecule has 1 aromatic carbocycles. The highest BCUT2D eigenvalue weighted by atomic mass is 32.1. The van der Waals surface area contributed by atoms with Crippen LogP contribution in [0.5, 0.6) is 5.75 Å². The summed E-state index contributed by atoms with van der Waals surface area (Å²) in [6.45, 7) is 6.27. The normalized spacial score (nSPS) is 16.7. The molecule has 1 amide bonds. The lowest BCUT2D eigenvalue weighted by molar-refractivity contribution is 0.0704. The molecule has 0 bridgehead atoms. The van der Waals surface area contributed by atoms with Crippen LogP contribution in [-0.4, -0.2) is 48.6 Å². The fourth-order valence-electron chi connectivity index (χ4n) is 2.82. The maximum absolute atomic E-state index is 12.4. The van der Waals surface area contributed by atoms with Crippen LogP contribution in [0, 0.1) is 6.92 Å². The number of aryl methyl sites for hydroxylation is 1. The van der Waals surface area contributed by atoms with Crippen LogP contribution in [0.4, 0.5) is 5.69 Å². The molecule has 1 aliphatic heterocycles. The van der Waals surface area contributed by atoms with Crippen molar-refractivity contribution in [1.29, 1.82) is 0 Å². The summed E-state index contributed by atoms with van der Waals surface area (Å²) in [5.74, 6) is 0.829. The van der Waals surface area contributed by atoms with E-state index in [1.165, 1.54) is 11.3 Å². The summed E-state index contributed by atoms with van der Waals surface area (Å²) in [7, 11) is 1.80. The molecule has 5 nitrogen and oxygen atoms in total. The second-order valence-electron chi connectivity index (χ2n) is 5.68. The second-order valence-corrected chi connectivity index (χ2v) is 6.75. The Hall–Kier alpha value is -2.08. The number of nitrogens with zero attached hydrogens (tertiary/aromatic N) is 3. The van der Waals surface area contributed by atoms with Gasteiger partial charge in [0.2, 0.25) is 0 Å². The lowest BCUT2D eigenvalue weighted by Gasteiger charge is -2.37. The molecule has 0 fully saturated rings.